The van der Waals surface area contributed by atoms with Gasteiger partial charge in [0.2, 0.25) is 0 Å². The molecule has 0 radical (unpaired) electrons. The lowest BCUT2D eigenvalue weighted by Gasteiger charge is -2.10. The zero-order valence-corrected chi connectivity index (χ0v) is 10.4. The highest BCUT2D eigenvalue weighted by Gasteiger charge is 2.18. The third kappa shape index (κ3) is 1.30. The number of phenolic OH excluding ortho intramolecular Hbond substituents is 1. The molecule has 2 N–H and O–H groups in total. The van der Waals surface area contributed by atoms with Gasteiger partial charge in [0.15, 0.2) is 0 Å². The Morgan fingerprint density at radius 2 is 1.72 bits per heavy atom. The predicted octanol–water partition coefficient (Wildman–Crippen LogP) is 3.86. The maximum absolute atomic E-state index is 10.3. The number of rotatable bonds is 1. The van der Waals surface area contributed by atoms with E-state index in [0.29, 0.717) is 5.52 Å². The van der Waals surface area contributed by atoms with E-state index in [0.717, 1.165) is 21.9 Å². The molecule has 0 bridgehead atoms. The average Bonchev–Trinajstić information content (AvgIpc) is 2.63. The average molecular weight is 241 g/mol. The molecule has 0 unspecified atom stereocenters. The van der Waals surface area contributed by atoms with Crippen molar-refractivity contribution in [2.45, 2.75) is 19.8 Å². The lowest BCUT2D eigenvalue weighted by atomic mass is 9.99. The molecule has 0 aliphatic heterocycles. The van der Waals surface area contributed by atoms with Gasteiger partial charge in [0.25, 0.3) is 0 Å². The van der Waals surface area contributed by atoms with Crippen LogP contribution >= 0.6 is 0 Å². The van der Waals surface area contributed by atoms with Gasteiger partial charge in [-0.25, -0.2) is 0 Å². The molecule has 3 nitrogen and oxygen atoms in total. The van der Waals surface area contributed by atoms with Crippen molar-refractivity contribution in [3.05, 3.63) is 42.0 Å². The summed E-state index contributed by atoms with van der Waals surface area (Å²) in [6, 6.07) is 11.2. The van der Waals surface area contributed by atoms with Gasteiger partial charge < -0.3 is 10.3 Å². The molecular formula is C15H15NO2. The first kappa shape index (κ1) is 11.0. The van der Waals surface area contributed by atoms with Gasteiger partial charge in [-0.2, -0.15) is 4.73 Å². The van der Waals surface area contributed by atoms with Crippen molar-refractivity contribution in [3.8, 4) is 5.75 Å². The van der Waals surface area contributed by atoms with E-state index in [9.17, 15) is 10.3 Å². The molecule has 0 spiro atoms. The summed E-state index contributed by atoms with van der Waals surface area (Å²) in [5, 5.41) is 22.3. The molecule has 3 heteroatoms. The third-order valence-electron chi connectivity index (χ3n) is 3.41. The summed E-state index contributed by atoms with van der Waals surface area (Å²) in [4.78, 5) is 0. The third-order valence-corrected chi connectivity index (χ3v) is 3.41. The second kappa shape index (κ2) is 3.67. The molecule has 1 heterocycles. The first-order chi connectivity index (χ1) is 8.61. The molecular weight excluding hydrogens is 226 g/mol. The molecule has 92 valence electrons. The van der Waals surface area contributed by atoms with Crippen LogP contribution < -0.4 is 0 Å². The van der Waals surface area contributed by atoms with Gasteiger partial charge in [0, 0.05) is 16.3 Å². The molecule has 0 fully saturated rings. The minimum atomic E-state index is 0.143. The van der Waals surface area contributed by atoms with Gasteiger partial charge >= 0.3 is 0 Å². The van der Waals surface area contributed by atoms with Gasteiger partial charge in [-0.15, -0.1) is 0 Å². The number of hydrogen-bond donors (Lipinski definition) is 2. The Morgan fingerprint density at radius 3 is 2.44 bits per heavy atom. The van der Waals surface area contributed by atoms with Gasteiger partial charge in [-0.3, -0.25) is 0 Å². The highest BCUT2D eigenvalue weighted by atomic mass is 16.5. The van der Waals surface area contributed by atoms with Gasteiger partial charge in [0.1, 0.15) is 5.75 Å². The number of aromatic hydroxyl groups is 1. The van der Waals surface area contributed by atoms with Gasteiger partial charge in [0.05, 0.1) is 11.0 Å². The van der Waals surface area contributed by atoms with Crippen molar-refractivity contribution < 1.29 is 10.3 Å². The SMILES string of the molecule is CC(C)c1c(O)ccc2c3ccccc3n(O)c12. The summed E-state index contributed by atoms with van der Waals surface area (Å²) in [7, 11) is 0. The molecule has 3 aromatic rings. The van der Waals surface area contributed by atoms with Crippen LogP contribution in [0.15, 0.2) is 36.4 Å². The molecule has 0 saturated carbocycles. The summed E-state index contributed by atoms with van der Waals surface area (Å²) in [6.07, 6.45) is 0. The lowest BCUT2D eigenvalue weighted by Crippen LogP contribution is -1.96. The van der Waals surface area contributed by atoms with Crippen LogP contribution in [-0.4, -0.2) is 15.0 Å². The van der Waals surface area contributed by atoms with Gasteiger partial charge in [-0.05, 0) is 24.1 Å². The summed E-state index contributed by atoms with van der Waals surface area (Å²) < 4.78 is 1.18. The summed E-state index contributed by atoms with van der Waals surface area (Å²) in [5.74, 6) is 0.375. The summed E-state index contributed by atoms with van der Waals surface area (Å²) in [6.45, 7) is 4.01. The molecule has 0 atom stereocenters. The standard InChI is InChI=1S/C15H15NO2/c1-9(2)14-13(17)8-7-11-10-5-3-4-6-12(10)16(18)15(11)14/h3-9,17-18H,1-2H3. The van der Waals surface area contributed by atoms with E-state index in [1.54, 1.807) is 6.07 Å². The second-order valence-electron chi connectivity index (χ2n) is 4.88. The summed E-state index contributed by atoms with van der Waals surface area (Å²) >= 11 is 0. The van der Waals surface area contributed by atoms with Crippen LogP contribution in [0.5, 0.6) is 5.75 Å². The first-order valence-corrected chi connectivity index (χ1v) is 6.05. The van der Waals surface area contributed by atoms with Crippen molar-refractivity contribution in [1.82, 2.24) is 4.73 Å². The molecule has 0 amide bonds. The minimum absolute atomic E-state index is 0.143. The first-order valence-electron chi connectivity index (χ1n) is 6.05. The van der Waals surface area contributed by atoms with Crippen molar-refractivity contribution in [2.24, 2.45) is 0 Å². The number of phenols is 1. The highest BCUT2D eigenvalue weighted by molar-refractivity contribution is 6.09. The quantitative estimate of drug-likeness (QED) is 0.635. The Hall–Kier alpha value is -2.16. The largest absolute Gasteiger partial charge is 0.508 e. The van der Waals surface area contributed by atoms with E-state index in [-0.39, 0.29) is 11.7 Å². The number of hydrogen-bond acceptors (Lipinski definition) is 2. The topological polar surface area (TPSA) is 45.4 Å². The van der Waals surface area contributed by atoms with E-state index < -0.39 is 0 Å². The molecule has 2 aromatic carbocycles. The Morgan fingerprint density at radius 1 is 1.00 bits per heavy atom. The second-order valence-corrected chi connectivity index (χ2v) is 4.88. The van der Waals surface area contributed by atoms with Crippen molar-refractivity contribution >= 4 is 21.8 Å². The van der Waals surface area contributed by atoms with E-state index in [2.05, 4.69) is 0 Å². The Kier molecular flexibility index (Phi) is 2.23. The Balaban J connectivity index is 2.59. The molecule has 1 aromatic heterocycles. The molecule has 0 aliphatic rings. The Bertz CT molecular complexity index is 741. The fourth-order valence-corrected chi connectivity index (χ4v) is 2.62. The predicted molar refractivity (Wildman–Crippen MR) is 72.4 cm³/mol. The zero-order chi connectivity index (χ0) is 12.9. The summed E-state index contributed by atoms with van der Waals surface area (Å²) in [5.41, 5.74) is 2.25. The van der Waals surface area contributed by atoms with Crippen LogP contribution in [0.3, 0.4) is 0 Å². The fraction of sp³-hybridized carbons (Fsp3) is 0.200. The maximum atomic E-state index is 10.3. The van der Waals surface area contributed by atoms with E-state index >= 15 is 0 Å². The maximum Gasteiger partial charge on any atom is 0.121 e. The number of aromatic nitrogens is 1. The van der Waals surface area contributed by atoms with E-state index in [4.69, 9.17) is 0 Å². The monoisotopic (exact) mass is 241 g/mol. The number of nitrogens with zero attached hydrogens (tertiary/aromatic N) is 1. The van der Waals surface area contributed by atoms with Crippen LogP contribution in [-0.2, 0) is 0 Å². The van der Waals surface area contributed by atoms with Gasteiger partial charge in [-0.1, -0.05) is 32.0 Å². The normalized spacial score (nSPS) is 11.7. The molecule has 18 heavy (non-hydrogen) atoms. The molecule has 0 aliphatic carbocycles. The minimum Gasteiger partial charge on any atom is -0.508 e. The number of fused-ring (bicyclic) bond motifs is 3. The molecule has 3 rings (SSSR count). The Labute approximate surface area is 105 Å². The van der Waals surface area contributed by atoms with Crippen molar-refractivity contribution in [1.29, 1.82) is 0 Å². The van der Waals surface area contributed by atoms with E-state index in [1.807, 2.05) is 44.2 Å². The number of para-hydroxylation sites is 1. The fourth-order valence-electron chi connectivity index (χ4n) is 2.62. The van der Waals surface area contributed by atoms with Crippen LogP contribution in [0.25, 0.3) is 21.8 Å². The van der Waals surface area contributed by atoms with Crippen molar-refractivity contribution in [3.63, 3.8) is 0 Å². The lowest BCUT2D eigenvalue weighted by molar-refractivity contribution is 0.212. The van der Waals surface area contributed by atoms with Crippen molar-refractivity contribution in [2.75, 3.05) is 0 Å². The van der Waals surface area contributed by atoms with Crippen LogP contribution in [0.1, 0.15) is 25.3 Å². The van der Waals surface area contributed by atoms with E-state index in [1.165, 1.54) is 4.73 Å². The zero-order valence-electron chi connectivity index (χ0n) is 10.4. The smallest absolute Gasteiger partial charge is 0.121 e. The van der Waals surface area contributed by atoms with Crippen LogP contribution in [0, 0.1) is 0 Å². The van der Waals surface area contributed by atoms with Crippen LogP contribution in [0.2, 0.25) is 0 Å². The highest BCUT2D eigenvalue weighted by Crippen LogP contribution is 2.37. The molecule has 0 saturated heterocycles. The number of benzene rings is 2. The van der Waals surface area contributed by atoms with Crippen LogP contribution in [0.4, 0.5) is 0 Å².